The molecule has 3 aromatic heterocycles. The Morgan fingerprint density at radius 3 is 2.55 bits per heavy atom. The predicted molar refractivity (Wildman–Crippen MR) is 121 cm³/mol. The Morgan fingerprint density at radius 2 is 1.68 bits per heavy atom. The fourth-order valence-corrected chi connectivity index (χ4v) is 3.42. The molecule has 0 amide bonds. The number of anilines is 1. The number of benzene rings is 2. The van der Waals surface area contributed by atoms with Gasteiger partial charge in [0, 0.05) is 42.6 Å². The second-order valence-electron chi connectivity index (χ2n) is 7.04. The van der Waals surface area contributed by atoms with Gasteiger partial charge in [0.05, 0.1) is 11.9 Å². The molecule has 1 N–H and O–H groups in total. The Hall–Kier alpha value is -4.19. The molecule has 0 aliphatic carbocycles. The van der Waals surface area contributed by atoms with Gasteiger partial charge in [-0.3, -0.25) is 4.98 Å². The van der Waals surface area contributed by atoms with Crippen LogP contribution in [0.25, 0.3) is 16.9 Å². The van der Waals surface area contributed by atoms with Crippen molar-refractivity contribution in [2.75, 3.05) is 11.9 Å². The summed E-state index contributed by atoms with van der Waals surface area (Å²) >= 11 is 0. The van der Waals surface area contributed by atoms with Crippen LogP contribution in [0.5, 0.6) is 11.5 Å². The zero-order valence-electron chi connectivity index (χ0n) is 16.8. The Bertz CT molecular complexity index is 1290. The SMILES string of the molecule is c1ccc(Oc2ccccc2-c2cc(NCCc3ccccn3)n3nccc3n2)cc1. The van der Waals surface area contributed by atoms with Crippen molar-refractivity contribution in [3.8, 4) is 22.8 Å². The van der Waals surface area contributed by atoms with E-state index in [9.17, 15) is 0 Å². The first-order valence-corrected chi connectivity index (χ1v) is 10.2. The monoisotopic (exact) mass is 407 g/mol. The lowest BCUT2D eigenvalue weighted by molar-refractivity contribution is 0.484. The zero-order chi connectivity index (χ0) is 20.9. The second kappa shape index (κ2) is 8.67. The molecule has 0 saturated carbocycles. The van der Waals surface area contributed by atoms with Gasteiger partial charge in [-0.1, -0.05) is 36.4 Å². The summed E-state index contributed by atoms with van der Waals surface area (Å²) in [5, 5.41) is 7.90. The molecule has 0 spiro atoms. The van der Waals surface area contributed by atoms with Crippen molar-refractivity contribution in [1.29, 1.82) is 0 Å². The predicted octanol–water partition coefficient (Wildman–Crippen LogP) is 5.24. The first kappa shape index (κ1) is 18.8. The van der Waals surface area contributed by atoms with E-state index < -0.39 is 0 Å². The van der Waals surface area contributed by atoms with E-state index >= 15 is 0 Å². The molecule has 0 aliphatic heterocycles. The van der Waals surface area contributed by atoms with Gasteiger partial charge in [0.2, 0.25) is 0 Å². The Kier molecular flexibility index (Phi) is 5.26. The van der Waals surface area contributed by atoms with Crippen molar-refractivity contribution in [1.82, 2.24) is 19.6 Å². The average Bonchev–Trinajstić information content (AvgIpc) is 3.30. The van der Waals surface area contributed by atoms with Crippen molar-refractivity contribution in [3.05, 3.63) is 103 Å². The van der Waals surface area contributed by atoms with Crippen LogP contribution < -0.4 is 10.1 Å². The second-order valence-corrected chi connectivity index (χ2v) is 7.04. The molecule has 5 aromatic rings. The summed E-state index contributed by atoms with van der Waals surface area (Å²) in [7, 11) is 0. The third kappa shape index (κ3) is 4.23. The summed E-state index contributed by atoms with van der Waals surface area (Å²) in [5.41, 5.74) is 3.55. The zero-order valence-corrected chi connectivity index (χ0v) is 16.8. The van der Waals surface area contributed by atoms with Gasteiger partial charge >= 0.3 is 0 Å². The third-order valence-corrected chi connectivity index (χ3v) is 4.91. The largest absolute Gasteiger partial charge is 0.457 e. The van der Waals surface area contributed by atoms with Gasteiger partial charge in [-0.2, -0.15) is 9.61 Å². The minimum absolute atomic E-state index is 0.734. The molecule has 0 radical (unpaired) electrons. The molecule has 0 unspecified atom stereocenters. The number of nitrogens with one attached hydrogen (secondary N) is 1. The van der Waals surface area contributed by atoms with Crippen molar-refractivity contribution in [2.45, 2.75) is 6.42 Å². The Morgan fingerprint density at radius 1 is 0.839 bits per heavy atom. The van der Waals surface area contributed by atoms with E-state index in [-0.39, 0.29) is 0 Å². The summed E-state index contributed by atoms with van der Waals surface area (Å²) in [6.07, 6.45) is 4.38. The van der Waals surface area contributed by atoms with Crippen LogP contribution in [0.1, 0.15) is 5.69 Å². The number of rotatable bonds is 7. The van der Waals surface area contributed by atoms with Gasteiger partial charge in [0.25, 0.3) is 0 Å². The van der Waals surface area contributed by atoms with E-state index in [1.807, 2.05) is 95.6 Å². The number of aromatic nitrogens is 4. The molecule has 5 rings (SSSR count). The van der Waals surface area contributed by atoms with E-state index in [1.165, 1.54) is 0 Å². The molecule has 2 aromatic carbocycles. The highest BCUT2D eigenvalue weighted by atomic mass is 16.5. The van der Waals surface area contributed by atoms with Crippen LogP contribution in [0.15, 0.2) is 97.3 Å². The number of para-hydroxylation sites is 2. The molecule has 152 valence electrons. The Labute approximate surface area is 180 Å². The van der Waals surface area contributed by atoms with E-state index in [0.717, 1.165) is 52.9 Å². The highest BCUT2D eigenvalue weighted by Gasteiger charge is 2.13. The van der Waals surface area contributed by atoms with Crippen molar-refractivity contribution in [2.24, 2.45) is 0 Å². The van der Waals surface area contributed by atoms with Gasteiger partial charge < -0.3 is 10.1 Å². The van der Waals surface area contributed by atoms with Crippen LogP contribution in [-0.2, 0) is 6.42 Å². The lowest BCUT2D eigenvalue weighted by Gasteiger charge is -2.13. The molecule has 6 heteroatoms. The molecule has 3 heterocycles. The fourth-order valence-electron chi connectivity index (χ4n) is 3.42. The molecule has 6 nitrogen and oxygen atoms in total. The van der Waals surface area contributed by atoms with E-state index in [2.05, 4.69) is 15.4 Å². The quantitative estimate of drug-likeness (QED) is 0.400. The average molecular weight is 407 g/mol. The lowest BCUT2D eigenvalue weighted by atomic mass is 10.1. The maximum atomic E-state index is 6.15. The summed E-state index contributed by atoms with van der Waals surface area (Å²) in [4.78, 5) is 9.19. The van der Waals surface area contributed by atoms with Gasteiger partial charge in [0.1, 0.15) is 17.3 Å². The topological polar surface area (TPSA) is 64.3 Å². The minimum Gasteiger partial charge on any atom is -0.457 e. The summed E-state index contributed by atoms with van der Waals surface area (Å²) in [5.74, 6) is 2.41. The highest BCUT2D eigenvalue weighted by Crippen LogP contribution is 2.33. The number of nitrogens with zero attached hydrogens (tertiary/aromatic N) is 4. The summed E-state index contributed by atoms with van der Waals surface area (Å²) in [6, 6.07) is 27.5. The number of fused-ring (bicyclic) bond motifs is 1. The smallest absolute Gasteiger partial charge is 0.157 e. The normalized spacial score (nSPS) is 10.8. The number of hydrogen-bond donors (Lipinski definition) is 1. The molecule has 31 heavy (non-hydrogen) atoms. The first-order chi connectivity index (χ1) is 15.4. The molecule has 0 saturated heterocycles. The third-order valence-electron chi connectivity index (χ3n) is 4.91. The lowest BCUT2D eigenvalue weighted by Crippen LogP contribution is -2.10. The van der Waals surface area contributed by atoms with Crippen molar-refractivity contribution in [3.63, 3.8) is 0 Å². The highest BCUT2D eigenvalue weighted by molar-refractivity contribution is 5.72. The molecule has 0 atom stereocenters. The number of ether oxygens (including phenoxy) is 1. The van der Waals surface area contributed by atoms with Crippen LogP contribution in [-0.4, -0.2) is 26.1 Å². The first-order valence-electron chi connectivity index (χ1n) is 10.2. The maximum Gasteiger partial charge on any atom is 0.157 e. The van der Waals surface area contributed by atoms with E-state index in [4.69, 9.17) is 9.72 Å². The van der Waals surface area contributed by atoms with Crippen molar-refractivity contribution < 1.29 is 4.74 Å². The fraction of sp³-hybridized carbons (Fsp3) is 0.0800. The summed E-state index contributed by atoms with van der Waals surface area (Å²) in [6.45, 7) is 0.734. The van der Waals surface area contributed by atoms with Gasteiger partial charge in [-0.05, 0) is 36.4 Å². The maximum absolute atomic E-state index is 6.15. The van der Waals surface area contributed by atoms with Crippen LogP contribution >= 0.6 is 0 Å². The standard InChI is InChI=1S/C25H21N5O/c1-2-9-20(10-3-1)31-23-12-5-4-11-21(23)22-18-25(30-24(29-22)14-17-28-30)27-16-13-19-8-6-7-15-26-19/h1-12,14-15,17-18,27H,13,16H2. The Balaban J connectivity index is 1.46. The molecule has 0 fully saturated rings. The molecular formula is C25H21N5O. The minimum atomic E-state index is 0.734. The van der Waals surface area contributed by atoms with Gasteiger partial charge in [0.15, 0.2) is 5.65 Å². The molecular weight excluding hydrogens is 386 g/mol. The molecule has 0 aliphatic rings. The van der Waals surface area contributed by atoms with Crippen molar-refractivity contribution >= 4 is 11.5 Å². The van der Waals surface area contributed by atoms with E-state index in [1.54, 1.807) is 6.20 Å². The van der Waals surface area contributed by atoms with Crippen LogP contribution in [0.3, 0.4) is 0 Å². The summed E-state index contributed by atoms with van der Waals surface area (Å²) < 4.78 is 7.95. The van der Waals surface area contributed by atoms with Crippen LogP contribution in [0.2, 0.25) is 0 Å². The van der Waals surface area contributed by atoms with E-state index in [0.29, 0.717) is 0 Å². The molecule has 0 bridgehead atoms. The van der Waals surface area contributed by atoms with Crippen LogP contribution in [0, 0.1) is 0 Å². The van der Waals surface area contributed by atoms with Crippen LogP contribution in [0.4, 0.5) is 5.82 Å². The number of hydrogen-bond acceptors (Lipinski definition) is 5. The van der Waals surface area contributed by atoms with Gasteiger partial charge in [-0.15, -0.1) is 0 Å². The number of pyridine rings is 1. The van der Waals surface area contributed by atoms with Gasteiger partial charge in [-0.25, -0.2) is 4.98 Å².